The Labute approximate surface area is 94.5 Å². The molecule has 2 fully saturated rings. The minimum absolute atomic E-state index is 0.554. The van der Waals surface area contributed by atoms with Gasteiger partial charge in [0.05, 0.1) is 0 Å². The summed E-state index contributed by atoms with van der Waals surface area (Å²) >= 11 is 0. The van der Waals surface area contributed by atoms with Crippen LogP contribution in [0, 0.1) is 17.3 Å². The second kappa shape index (κ2) is 3.81. The van der Waals surface area contributed by atoms with Crippen molar-refractivity contribution in [3.63, 3.8) is 0 Å². The van der Waals surface area contributed by atoms with E-state index in [2.05, 4.69) is 27.0 Å². The number of fused-ring (bicyclic) bond motifs is 1. The minimum atomic E-state index is 0.554. The van der Waals surface area contributed by atoms with Gasteiger partial charge in [-0.15, -0.1) is 0 Å². The van der Waals surface area contributed by atoms with Crippen molar-refractivity contribution in [3.05, 3.63) is 24.3 Å². The average Bonchev–Trinajstić information content (AvgIpc) is 2.18. The first-order valence-electron chi connectivity index (χ1n) is 6.35. The fourth-order valence-corrected chi connectivity index (χ4v) is 3.50. The summed E-state index contributed by atoms with van der Waals surface area (Å²) in [6.07, 6.45) is 7.69. The van der Waals surface area contributed by atoms with Gasteiger partial charge in [-0.1, -0.05) is 38.2 Å². The number of hydrogen-bond donors (Lipinski definition) is 0. The van der Waals surface area contributed by atoms with E-state index in [0.717, 1.165) is 11.8 Å². The fourth-order valence-electron chi connectivity index (χ4n) is 3.50. The van der Waals surface area contributed by atoms with E-state index < -0.39 is 0 Å². The first kappa shape index (κ1) is 11.0. The molecule has 2 rings (SSSR count). The highest BCUT2D eigenvalue weighted by Gasteiger charge is 2.47. The highest BCUT2D eigenvalue weighted by atomic mass is 14.5. The van der Waals surface area contributed by atoms with Gasteiger partial charge in [0.15, 0.2) is 0 Å². The Hall–Kier alpha value is -0.520. The molecule has 0 aliphatic heterocycles. The maximum Gasteiger partial charge on any atom is -0.0167 e. The summed E-state index contributed by atoms with van der Waals surface area (Å²) in [5.41, 5.74) is 3.54. The lowest BCUT2D eigenvalue weighted by Gasteiger charge is -2.53. The molecule has 84 valence electrons. The van der Waals surface area contributed by atoms with Crippen LogP contribution in [-0.2, 0) is 0 Å². The molecule has 2 saturated carbocycles. The Balaban J connectivity index is 2.10. The molecule has 0 N–H and O–H groups in total. The molecule has 2 aliphatic carbocycles. The molecule has 0 bridgehead atoms. The SMILES string of the molecule is C=C1CCCC(=C)C2CC(C)(C)C2CC1. The third-order valence-electron chi connectivity index (χ3n) is 4.60. The predicted molar refractivity (Wildman–Crippen MR) is 66.7 cm³/mol. The van der Waals surface area contributed by atoms with Gasteiger partial charge in [0, 0.05) is 0 Å². The van der Waals surface area contributed by atoms with Crippen LogP contribution in [0.15, 0.2) is 24.3 Å². The third-order valence-corrected chi connectivity index (χ3v) is 4.60. The van der Waals surface area contributed by atoms with Crippen LogP contribution in [0.2, 0.25) is 0 Å². The van der Waals surface area contributed by atoms with Crippen molar-refractivity contribution in [2.45, 2.75) is 52.4 Å². The monoisotopic (exact) mass is 204 g/mol. The number of hydrogen-bond acceptors (Lipinski definition) is 0. The number of allylic oxidation sites excluding steroid dienone is 2. The van der Waals surface area contributed by atoms with Crippen LogP contribution in [0.25, 0.3) is 0 Å². The summed E-state index contributed by atoms with van der Waals surface area (Å²) < 4.78 is 0. The van der Waals surface area contributed by atoms with Crippen molar-refractivity contribution < 1.29 is 0 Å². The van der Waals surface area contributed by atoms with Crippen molar-refractivity contribution in [2.75, 3.05) is 0 Å². The van der Waals surface area contributed by atoms with E-state index in [9.17, 15) is 0 Å². The molecule has 15 heavy (non-hydrogen) atoms. The Morgan fingerprint density at radius 2 is 1.87 bits per heavy atom. The second-order valence-electron chi connectivity index (χ2n) is 6.21. The summed E-state index contributed by atoms with van der Waals surface area (Å²) in [7, 11) is 0. The highest BCUT2D eigenvalue weighted by Crippen LogP contribution is 2.56. The minimum Gasteiger partial charge on any atom is -0.0999 e. The maximum absolute atomic E-state index is 4.30. The molecule has 0 nitrogen and oxygen atoms in total. The Morgan fingerprint density at radius 3 is 2.53 bits per heavy atom. The lowest BCUT2D eigenvalue weighted by Crippen LogP contribution is -2.44. The van der Waals surface area contributed by atoms with Gasteiger partial charge >= 0.3 is 0 Å². The molecule has 0 heterocycles. The van der Waals surface area contributed by atoms with E-state index in [-0.39, 0.29) is 0 Å². The van der Waals surface area contributed by atoms with Crippen LogP contribution >= 0.6 is 0 Å². The molecule has 0 spiro atoms. The lowest BCUT2D eigenvalue weighted by atomic mass is 9.52. The van der Waals surface area contributed by atoms with Gasteiger partial charge < -0.3 is 0 Å². The molecule has 0 radical (unpaired) electrons. The van der Waals surface area contributed by atoms with Crippen molar-refractivity contribution in [1.82, 2.24) is 0 Å². The summed E-state index contributed by atoms with van der Waals surface area (Å²) in [5.74, 6) is 1.70. The van der Waals surface area contributed by atoms with Gasteiger partial charge in [0.2, 0.25) is 0 Å². The lowest BCUT2D eigenvalue weighted by molar-refractivity contribution is 0.00412. The molecule has 0 aromatic carbocycles. The highest BCUT2D eigenvalue weighted by molar-refractivity contribution is 5.15. The second-order valence-corrected chi connectivity index (χ2v) is 6.21. The van der Waals surface area contributed by atoms with Crippen molar-refractivity contribution in [3.8, 4) is 0 Å². The van der Waals surface area contributed by atoms with Crippen LogP contribution in [0.3, 0.4) is 0 Å². The zero-order valence-electron chi connectivity index (χ0n) is 10.3. The normalized spacial score (nSPS) is 35.9. The first-order valence-corrected chi connectivity index (χ1v) is 6.35. The molecule has 2 unspecified atom stereocenters. The Bertz CT molecular complexity index is 282. The molecule has 2 atom stereocenters. The van der Waals surface area contributed by atoms with Gasteiger partial charge in [-0.3, -0.25) is 0 Å². The molecular formula is C15H24. The van der Waals surface area contributed by atoms with E-state index in [0.29, 0.717) is 5.41 Å². The summed E-state index contributed by atoms with van der Waals surface area (Å²) in [6.45, 7) is 13.3. The molecule has 0 aromatic rings. The summed E-state index contributed by atoms with van der Waals surface area (Å²) in [4.78, 5) is 0. The van der Waals surface area contributed by atoms with Crippen molar-refractivity contribution in [2.24, 2.45) is 17.3 Å². The summed E-state index contributed by atoms with van der Waals surface area (Å²) in [6, 6.07) is 0. The smallest absolute Gasteiger partial charge is 0.0167 e. The molecule has 0 aromatic heterocycles. The van der Waals surface area contributed by atoms with Crippen molar-refractivity contribution >= 4 is 0 Å². The van der Waals surface area contributed by atoms with Crippen molar-refractivity contribution in [1.29, 1.82) is 0 Å². The van der Waals surface area contributed by atoms with E-state index in [1.54, 1.807) is 0 Å². The average molecular weight is 204 g/mol. The van der Waals surface area contributed by atoms with E-state index in [1.807, 2.05) is 0 Å². The van der Waals surface area contributed by atoms with Crippen LogP contribution in [0.5, 0.6) is 0 Å². The topological polar surface area (TPSA) is 0 Å². The predicted octanol–water partition coefficient (Wildman–Crippen LogP) is 4.73. The van der Waals surface area contributed by atoms with E-state index >= 15 is 0 Å². The third kappa shape index (κ3) is 2.04. The largest absolute Gasteiger partial charge is 0.0999 e. The fraction of sp³-hybridized carbons (Fsp3) is 0.733. The first-order chi connectivity index (χ1) is 7.00. The van der Waals surface area contributed by atoms with Gasteiger partial charge in [-0.05, 0) is 55.8 Å². The van der Waals surface area contributed by atoms with Crippen LogP contribution in [-0.4, -0.2) is 0 Å². The van der Waals surface area contributed by atoms with Gasteiger partial charge in [0.1, 0.15) is 0 Å². The van der Waals surface area contributed by atoms with Crippen LogP contribution in [0.4, 0.5) is 0 Å². The molecule has 2 aliphatic rings. The van der Waals surface area contributed by atoms with E-state index in [1.165, 1.54) is 49.7 Å². The molecule has 0 heteroatoms. The molecular weight excluding hydrogens is 180 g/mol. The Morgan fingerprint density at radius 1 is 1.13 bits per heavy atom. The maximum atomic E-state index is 4.30. The number of rotatable bonds is 0. The zero-order valence-corrected chi connectivity index (χ0v) is 10.3. The zero-order chi connectivity index (χ0) is 11.1. The van der Waals surface area contributed by atoms with Gasteiger partial charge in [-0.25, -0.2) is 0 Å². The Kier molecular flexibility index (Phi) is 2.79. The van der Waals surface area contributed by atoms with Crippen LogP contribution < -0.4 is 0 Å². The standard InChI is InChI=1S/C15H24/c1-11-6-5-7-12(2)13-10-15(3,4)14(13)9-8-11/h13-14H,1-2,5-10H2,3-4H3. The molecule has 0 amide bonds. The quantitative estimate of drug-likeness (QED) is 0.501. The summed E-state index contributed by atoms with van der Waals surface area (Å²) in [5, 5.41) is 0. The van der Waals surface area contributed by atoms with Gasteiger partial charge in [0.25, 0.3) is 0 Å². The molecule has 0 saturated heterocycles. The van der Waals surface area contributed by atoms with Gasteiger partial charge in [-0.2, -0.15) is 0 Å². The van der Waals surface area contributed by atoms with Crippen LogP contribution in [0.1, 0.15) is 52.4 Å². The van der Waals surface area contributed by atoms with E-state index in [4.69, 9.17) is 0 Å².